The fraction of sp³-hybridized carbons (Fsp3) is 0.600. The minimum Gasteiger partial charge on any atom is -0.493 e. The lowest BCUT2D eigenvalue weighted by Gasteiger charge is -2.30. The number of rotatable bonds is 5. The van der Waals surface area contributed by atoms with E-state index in [9.17, 15) is 0 Å². The molecule has 0 aromatic heterocycles. The van der Waals surface area contributed by atoms with Crippen LogP contribution in [0.25, 0.3) is 0 Å². The molecule has 0 bridgehead atoms. The fourth-order valence-corrected chi connectivity index (χ4v) is 2.33. The van der Waals surface area contributed by atoms with Gasteiger partial charge >= 0.3 is 0 Å². The number of hydrogen-bond acceptors (Lipinski definition) is 4. The third-order valence-corrected chi connectivity index (χ3v) is 3.72. The molecule has 0 aliphatic carbocycles. The van der Waals surface area contributed by atoms with Gasteiger partial charge in [0.2, 0.25) is 0 Å². The van der Waals surface area contributed by atoms with Gasteiger partial charge in [0.25, 0.3) is 0 Å². The maximum Gasteiger partial charge on any atom is 0.123 e. The Morgan fingerprint density at radius 3 is 2.89 bits per heavy atom. The van der Waals surface area contributed by atoms with Crippen LogP contribution < -0.4 is 15.8 Å². The predicted octanol–water partition coefficient (Wildman–Crippen LogP) is 3.04. The third-order valence-electron chi connectivity index (χ3n) is 3.72. The molecule has 3 N–H and O–H groups in total. The zero-order valence-corrected chi connectivity index (χ0v) is 12.0. The summed E-state index contributed by atoms with van der Waals surface area (Å²) in [5.41, 5.74) is 7.59. The number of nitrogen functional groups attached to an aromatic ring is 1. The highest BCUT2D eigenvalue weighted by Gasteiger charge is 2.36. The lowest BCUT2D eigenvalue weighted by atomic mass is 9.94. The number of anilines is 2. The molecule has 0 amide bonds. The van der Waals surface area contributed by atoms with Crippen molar-refractivity contribution in [3.63, 3.8) is 0 Å². The van der Waals surface area contributed by atoms with Crippen molar-refractivity contribution in [1.82, 2.24) is 0 Å². The SMILES string of the molecule is CCCOc1cc(N)cc(NC2(C)CCOC2C)c1. The number of nitrogens with two attached hydrogens (primary N) is 1. The second-order valence-corrected chi connectivity index (χ2v) is 5.44. The first-order valence-corrected chi connectivity index (χ1v) is 6.96. The Kier molecular flexibility index (Phi) is 4.20. The Morgan fingerprint density at radius 2 is 2.26 bits per heavy atom. The van der Waals surface area contributed by atoms with E-state index in [2.05, 4.69) is 26.1 Å². The van der Waals surface area contributed by atoms with Gasteiger partial charge in [0.1, 0.15) is 5.75 Å². The first-order valence-electron chi connectivity index (χ1n) is 6.96. The van der Waals surface area contributed by atoms with Gasteiger partial charge in [-0.05, 0) is 32.8 Å². The second-order valence-electron chi connectivity index (χ2n) is 5.44. The van der Waals surface area contributed by atoms with Crippen LogP contribution in [0.15, 0.2) is 18.2 Å². The Morgan fingerprint density at radius 1 is 1.47 bits per heavy atom. The van der Waals surface area contributed by atoms with Gasteiger partial charge in [-0.25, -0.2) is 0 Å². The van der Waals surface area contributed by atoms with Gasteiger partial charge in [-0.1, -0.05) is 6.92 Å². The highest BCUT2D eigenvalue weighted by molar-refractivity contribution is 5.60. The number of benzene rings is 1. The summed E-state index contributed by atoms with van der Waals surface area (Å²) in [6, 6.07) is 5.80. The molecular formula is C15H24N2O2. The molecule has 1 heterocycles. The van der Waals surface area contributed by atoms with E-state index in [4.69, 9.17) is 15.2 Å². The van der Waals surface area contributed by atoms with Crippen LogP contribution >= 0.6 is 0 Å². The Bertz CT molecular complexity index is 436. The summed E-state index contributed by atoms with van der Waals surface area (Å²) in [4.78, 5) is 0. The Balaban J connectivity index is 2.13. The summed E-state index contributed by atoms with van der Waals surface area (Å²) < 4.78 is 11.3. The molecule has 1 aliphatic heterocycles. The van der Waals surface area contributed by atoms with Crippen LogP contribution in [0.2, 0.25) is 0 Å². The zero-order chi connectivity index (χ0) is 13.9. The number of ether oxygens (including phenoxy) is 2. The molecule has 2 unspecified atom stereocenters. The standard InChI is InChI=1S/C15H24N2O2/c1-4-6-19-14-9-12(16)8-13(10-14)17-15(3)5-7-18-11(15)2/h8-11,17H,4-7,16H2,1-3H3. The van der Waals surface area contributed by atoms with E-state index < -0.39 is 0 Å². The van der Waals surface area contributed by atoms with Crippen molar-refractivity contribution < 1.29 is 9.47 Å². The molecule has 4 nitrogen and oxygen atoms in total. The van der Waals surface area contributed by atoms with E-state index in [0.717, 1.165) is 30.9 Å². The van der Waals surface area contributed by atoms with Crippen molar-refractivity contribution in [2.75, 3.05) is 24.3 Å². The summed E-state index contributed by atoms with van der Waals surface area (Å²) in [5.74, 6) is 0.819. The topological polar surface area (TPSA) is 56.5 Å². The maximum absolute atomic E-state index is 5.93. The largest absolute Gasteiger partial charge is 0.493 e. The third kappa shape index (κ3) is 3.32. The monoisotopic (exact) mass is 264 g/mol. The molecule has 0 spiro atoms. The molecule has 4 heteroatoms. The highest BCUT2D eigenvalue weighted by atomic mass is 16.5. The van der Waals surface area contributed by atoms with Crippen molar-refractivity contribution in [3.05, 3.63) is 18.2 Å². The van der Waals surface area contributed by atoms with Gasteiger partial charge < -0.3 is 20.5 Å². The molecule has 2 atom stereocenters. The van der Waals surface area contributed by atoms with E-state index in [1.54, 1.807) is 0 Å². The maximum atomic E-state index is 5.93. The first kappa shape index (κ1) is 14.0. The van der Waals surface area contributed by atoms with Crippen molar-refractivity contribution in [2.45, 2.75) is 45.3 Å². The van der Waals surface area contributed by atoms with Crippen LogP contribution in [-0.2, 0) is 4.74 Å². The molecular weight excluding hydrogens is 240 g/mol. The Hall–Kier alpha value is -1.42. The summed E-state index contributed by atoms with van der Waals surface area (Å²) >= 11 is 0. The average molecular weight is 264 g/mol. The predicted molar refractivity (Wildman–Crippen MR) is 78.7 cm³/mol. The average Bonchev–Trinajstić information content (AvgIpc) is 2.66. The minimum atomic E-state index is -0.0458. The quantitative estimate of drug-likeness (QED) is 0.803. The van der Waals surface area contributed by atoms with E-state index in [-0.39, 0.29) is 11.6 Å². The van der Waals surface area contributed by atoms with Crippen LogP contribution in [-0.4, -0.2) is 24.9 Å². The smallest absolute Gasteiger partial charge is 0.123 e. The lowest BCUT2D eigenvalue weighted by molar-refractivity contribution is 0.105. The molecule has 1 aliphatic rings. The Labute approximate surface area is 115 Å². The summed E-state index contributed by atoms with van der Waals surface area (Å²) in [5, 5.41) is 3.54. The van der Waals surface area contributed by atoms with Crippen LogP contribution in [0.5, 0.6) is 5.75 Å². The zero-order valence-electron chi connectivity index (χ0n) is 12.0. The molecule has 106 valence electrons. The van der Waals surface area contributed by atoms with Gasteiger partial charge in [-0.3, -0.25) is 0 Å². The van der Waals surface area contributed by atoms with E-state index in [1.165, 1.54) is 0 Å². The molecule has 1 saturated heterocycles. The van der Waals surface area contributed by atoms with Crippen molar-refractivity contribution in [2.24, 2.45) is 0 Å². The number of nitrogens with one attached hydrogen (secondary N) is 1. The molecule has 1 fully saturated rings. The van der Waals surface area contributed by atoms with Gasteiger partial charge in [0, 0.05) is 30.1 Å². The van der Waals surface area contributed by atoms with Crippen LogP contribution in [0.4, 0.5) is 11.4 Å². The summed E-state index contributed by atoms with van der Waals surface area (Å²) in [6.07, 6.45) is 2.17. The van der Waals surface area contributed by atoms with Crippen LogP contribution in [0, 0.1) is 0 Å². The van der Waals surface area contributed by atoms with Gasteiger partial charge in [0.15, 0.2) is 0 Å². The molecule has 1 aromatic rings. The first-order chi connectivity index (χ1) is 9.03. The molecule has 2 rings (SSSR count). The molecule has 0 saturated carbocycles. The minimum absolute atomic E-state index is 0.0458. The normalized spacial score (nSPS) is 26.4. The number of hydrogen-bond donors (Lipinski definition) is 2. The van der Waals surface area contributed by atoms with Crippen molar-refractivity contribution >= 4 is 11.4 Å². The lowest BCUT2D eigenvalue weighted by Crippen LogP contribution is -2.41. The van der Waals surface area contributed by atoms with Gasteiger partial charge in [0.05, 0.1) is 18.2 Å². The fourth-order valence-electron chi connectivity index (χ4n) is 2.33. The highest BCUT2D eigenvalue weighted by Crippen LogP contribution is 2.32. The van der Waals surface area contributed by atoms with Gasteiger partial charge in [-0.2, -0.15) is 0 Å². The van der Waals surface area contributed by atoms with E-state index in [0.29, 0.717) is 12.3 Å². The van der Waals surface area contributed by atoms with E-state index >= 15 is 0 Å². The van der Waals surface area contributed by atoms with E-state index in [1.807, 2.05) is 18.2 Å². The van der Waals surface area contributed by atoms with Gasteiger partial charge in [-0.15, -0.1) is 0 Å². The van der Waals surface area contributed by atoms with Crippen LogP contribution in [0.3, 0.4) is 0 Å². The molecule has 1 aromatic carbocycles. The summed E-state index contributed by atoms with van der Waals surface area (Å²) in [6.45, 7) is 7.87. The molecule has 0 radical (unpaired) electrons. The van der Waals surface area contributed by atoms with Crippen molar-refractivity contribution in [1.29, 1.82) is 0 Å². The summed E-state index contributed by atoms with van der Waals surface area (Å²) in [7, 11) is 0. The van der Waals surface area contributed by atoms with Crippen LogP contribution in [0.1, 0.15) is 33.6 Å². The second kappa shape index (κ2) is 5.70. The molecule has 19 heavy (non-hydrogen) atoms. The van der Waals surface area contributed by atoms with Crippen molar-refractivity contribution in [3.8, 4) is 5.75 Å².